The predicted octanol–water partition coefficient (Wildman–Crippen LogP) is 1.31. The van der Waals surface area contributed by atoms with Crippen LogP contribution in [0, 0.1) is 0 Å². The first kappa shape index (κ1) is 8.44. The van der Waals surface area contributed by atoms with Crippen LogP contribution in [0.3, 0.4) is 0 Å². The average molecular weight is 247 g/mol. The van der Waals surface area contributed by atoms with Crippen molar-refractivity contribution in [1.29, 1.82) is 0 Å². The molecule has 0 saturated heterocycles. The van der Waals surface area contributed by atoms with Crippen LogP contribution in [-0.4, -0.2) is 32.4 Å². The molecule has 0 aliphatic heterocycles. The topological polar surface area (TPSA) is 0 Å². The van der Waals surface area contributed by atoms with Crippen LogP contribution in [0.25, 0.3) is 0 Å². The predicted molar refractivity (Wildman–Crippen MR) is 16.8 cm³/mol. The first-order valence-corrected chi connectivity index (χ1v) is 2.56. The van der Waals surface area contributed by atoms with Crippen LogP contribution in [0.5, 0.6) is 0 Å². The van der Waals surface area contributed by atoms with Gasteiger partial charge in [-0.25, -0.2) is 0 Å². The third-order valence-electron chi connectivity index (χ3n) is 0.330. The van der Waals surface area contributed by atoms with Crippen molar-refractivity contribution in [2.24, 2.45) is 0 Å². The molecule has 0 heterocycles. The molecule has 6 heteroatoms. The van der Waals surface area contributed by atoms with Gasteiger partial charge in [-0.3, -0.25) is 0 Å². The molecule has 8 heavy (non-hydrogen) atoms. The Kier molecular flexibility index (Phi) is 2.10. The molecular formula is C2F5Te. The van der Waals surface area contributed by atoms with E-state index in [0.717, 1.165) is 0 Å². The van der Waals surface area contributed by atoms with E-state index in [4.69, 9.17) is 0 Å². The molecule has 49 valence electrons. The number of hydrogen-bond acceptors (Lipinski definition) is 0. The van der Waals surface area contributed by atoms with E-state index in [9.17, 15) is 22.0 Å². The van der Waals surface area contributed by atoms with Crippen molar-refractivity contribution >= 4 is 22.3 Å². The first-order valence-electron chi connectivity index (χ1n) is 1.40. The Morgan fingerprint density at radius 3 is 1.00 bits per heavy atom. The second-order valence-corrected chi connectivity index (χ2v) is 2.48. The SMILES string of the molecule is FC(F)(F)C(F)(F)[Te]. The summed E-state index contributed by atoms with van der Waals surface area (Å²) in [6.07, 6.45) is -5.39. The summed E-state index contributed by atoms with van der Waals surface area (Å²) >= 11 is -0.258. The Balaban J connectivity index is 4.02. The van der Waals surface area contributed by atoms with Gasteiger partial charge in [-0.15, -0.1) is 0 Å². The Morgan fingerprint density at radius 1 is 0.875 bits per heavy atom. The third-order valence-corrected chi connectivity index (χ3v) is 0.991. The van der Waals surface area contributed by atoms with Crippen LogP contribution in [0.2, 0.25) is 0 Å². The van der Waals surface area contributed by atoms with Gasteiger partial charge in [0.25, 0.3) is 0 Å². The zero-order valence-electron chi connectivity index (χ0n) is 3.30. The molecule has 1 radical (unpaired) electrons. The van der Waals surface area contributed by atoms with Gasteiger partial charge >= 0.3 is 54.4 Å². The van der Waals surface area contributed by atoms with Crippen LogP contribution >= 0.6 is 0 Å². The van der Waals surface area contributed by atoms with Crippen LogP contribution in [0.4, 0.5) is 22.0 Å². The van der Waals surface area contributed by atoms with Gasteiger partial charge in [-0.05, 0) is 0 Å². The molecule has 0 amide bonds. The van der Waals surface area contributed by atoms with Crippen molar-refractivity contribution in [3.05, 3.63) is 0 Å². The molecule has 0 bridgehead atoms. The minimum absolute atomic E-state index is 0.258. The van der Waals surface area contributed by atoms with Crippen molar-refractivity contribution in [3.8, 4) is 0 Å². The molecule has 0 aromatic carbocycles. The third kappa shape index (κ3) is 2.14. The monoisotopic (exact) mass is 249 g/mol. The van der Waals surface area contributed by atoms with Crippen molar-refractivity contribution in [2.75, 3.05) is 0 Å². The molecule has 0 atom stereocenters. The summed E-state index contributed by atoms with van der Waals surface area (Å²) in [4.78, 5) is 0. The number of halogens is 5. The van der Waals surface area contributed by atoms with Crippen LogP contribution < -0.4 is 0 Å². The molecule has 0 aromatic rings. The van der Waals surface area contributed by atoms with Crippen molar-refractivity contribution in [1.82, 2.24) is 0 Å². The van der Waals surface area contributed by atoms with Crippen LogP contribution in [-0.2, 0) is 0 Å². The van der Waals surface area contributed by atoms with Gasteiger partial charge in [0, 0.05) is 0 Å². The molecule has 0 N–H and O–H groups in total. The number of rotatable bonds is 0. The molecule has 0 unspecified atom stereocenters. The average Bonchev–Trinajstić information content (AvgIpc) is 1.25. The summed E-state index contributed by atoms with van der Waals surface area (Å²) in [6.45, 7) is 0. The van der Waals surface area contributed by atoms with Crippen molar-refractivity contribution in [3.63, 3.8) is 0 Å². The summed E-state index contributed by atoms with van der Waals surface area (Å²) in [5.74, 6) is 0. The van der Waals surface area contributed by atoms with E-state index in [1.165, 1.54) is 0 Å². The van der Waals surface area contributed by atoms with Crippen molar-refractivity contribution in [2.45, 2.75) is 10.1 Å². The van der Waals surface area contributed by atoms with Crippen LogP contribution in [0.15, 0.2) is 0 Å². The van der Waals surface area contributed by atoms with E-state index in [0.29, 0.717) is 0 Å². The Morgan fingerprint density at radius 2 is 1.00 bits per heavy atom. The van der Waals surface area contributed by atoms with E-state index in [-0.39, 0.29) is 22.3 Å². The van der Waals surface area contributed by atoms with Gasteiger partial charge in [0.05, 0.1) is 0 Å². The minimum atomic E-state index is -5.39. The van der Waals surface area contributed by atoms with Gasteiger partial charge < -0.3 is 0 Å². The quantitative estimate of drug-likeness (QED) is 0.447. The summed E-state index contributed by atoms with van der Waals surface area (Å²) in [6, 6.07) is 0. The first-order chi connectivity index (χ1) is 3.25. The molecule has 0 saturated carbocycles. The molecule has 0 rings (SSSR count). The second-order valence-electron chi connectivity index (χ2n) is 1.01. The summed E-state index contributed by atoms with van der Waals surface area (Å²) in [5.41, 5.74) is 0. The van der Waals surface area contributed by atoms with Gasteiger partial charge in [0.15, 0.2) is 0 Å². The maximum atomic E-state index is 11.1. The standard InChI is InChI=1S/C2F5Te/c3-1(4,5)2(6,7)8. The fourth-order valence-electron chi connectivity index (χ4n) is 0. The van der Waals surface area contributed by atoms with Gasteiger partial charge in [0.2, 0.25) is 0 Å². The summed E-state index contributed by atoms with van der Waals surface area (Å²) in [5, 5.41) is 0. The molecule has 0 spiro atoms. The van der Waals surface area contributed by atoms with Gasteiger partial charge in [-0.2, -0.15) is 0 Å². The van der Waals surface area contributed by atoms with E-state index in [1.807, 2.05) is 0 Å². The second kappa shape index (κ2) is 1.99. The van der Waals surface area contributed by atoms with Crippen LogP contribution in [0.1, 0.15) is 0 Å². The Hall–Kier alpha value is 0.440. The maximum absolute atomic E-state index is 11.1. The molecular weight excluding hydrogens is 247 g/mol. The number of hydrogen-bond donors (Lipinski definition) is 0. The number of alkyl halides is 5. The van der Waals surface area contributed by atoms with E-state index in [2.05, 4.69) is 0 Å². The Bertz CT molecular complexity index is 65.4. The molecule has 0 fully saturated rings. The Labute approximate surface area is 55.0 Å². The van der Waals surface area contributed by atoms with Crippen molar-refractivity contribution < 1.29 is 22.0 Å². The normalized spacial score (nSPS) is 14.2. The molecule has 0 nitrogen and oxygen atoms in total. The fraction of sp³-hybridized carbons (Fsp3) is 1.00. The summed E-state index contributed by atoms with van der Waals surface area (Å²) < 4.78 is 50.1. The zero-order chi connectivity index (χ0) is 7.00. The van der Waals surface area contributed by atoms with E-state index in [1.54, 1.807) is 0 Å². The fourth-order valence-corrected chi connectivity index (χ4v) is 0. The molecule has 0 aliphatic rings. The van der Waals surface area contributed by atoms with Gasteiger partial charge in [0.1, 0.15) is 0 Å². The van der Waals surface area contributed by atoms with E-state index < -0.39 is 10.1 Å². The molecule has 0 aromatic heterocycles. The zero-order valence-corrected chi connectivity index (χ0v) is 5.63. The van der Waals surface area contributed by atoms with Gasteiger partial charge in [-0.1, -0.05) is 0 Å². The summed E-state index contributed by atoms with van der Waals surface area (Å²) in [7, 11) is 0. The van der Waals surface area contributed by atoms with E-state index >= 15 is 0 Å². The molecule has 0 aliphatic carbocycles.